The van der Waals surface area contributed by atoms with E-state index in [4.69, 9.17) is 0 Å². The van der Waals surface area contributed by atoms with Crippen LogP contribution in [0.1, 0.15) is 34.6 Å². The lowest BCUT2D eigenvalue weighted by atomic mass is 10.0. The molecule has 0 saturated carbocycles. The number of nitrogens with zero attached hydrogens (tertiary/aromatic N) is 6. The maximum absolute atomic E-state index is 13.2. The van der Waals surface area contributed by atoms with Crippen molar-refractivity contribution in [3.63, 3.8) is 0 Å². The number of aliphatic hydroxyl groups excluding tert-OH is 1. The molecular formula is C28H32N6O2. The second-order valence-electron chi connectivity index (χ2n) is 9.71. The van der Waals surface area contributed by atoms with Crippen LogP contribution in [0.5, 0.6) is 0 Å². The van der Waals surface area contributed by atoms with Crippen molar-refractivity contribution in [3.05, 3.63) is 71.9 Å². The van der Waals surface area contributed by atoms with Gasteiger partial charge in [-0.3, -0.25) is 14.5 Å². The van der Waals surface area contributed by atoms with Crippen LogP contribution in [0.4, 0.5) is 5.82 Å². The van der Waals surface area contributed by atoms with Crippen molar-refractivity contribution in [3.8, 4) is 11.1 Å². The minimum atomic E-state index is -0.0818. The summed E-state index contributed by atoms with van der Waals surface area (Å²) in [6, 6.07) is 12.3. The Labute approximate surface area is 211 Å². The van der Waals surface area contributed by atoms with E-state index in [-0.39, 0.29) is 18.8 Å². The zero-order valence-electron chi connectivity index (χ0n) is 21.1. The van der Waals surface area contributed by atoms with Crippen molar-refractivity contribution in [1.82, 2.24) is 24.6 Å². The van der Waals surface area contributed by atoms with Gasteiger partial charge in [0.1, 0.15) is 5.82 Å². The fraction of sp³-hybridized carbons (Fsp3) is 0.357. The number of ketones is 1. The number of benzene rings is 1. The highest BCUT2D eigenvalue weighted by molar-refractivity contribution is 5.98. The Bertz CT molecular complexity index is 1390. The Morgan fingerprint density at radius 3 is 2.61 bits per heavy atom. The van der Waals surface area contributed by atoms with Crippen LogP contribution in [0.25, 0.3) is 21.9 Å². The second-order valence-corrected chi connectivity index (χ2v) is 9.71. The van der Waals surface area contributed by atoms with E-state index >= 15 is 0 Å². The van der Waals surface area contributed by atoms with Crippen LogP contribution in [-0.2, 0) is 20.1 Å². The number of fused-ring (bicyclic) bond motifs is 1. The molecular weight excluding hydrogens is 452 g/mol. The van der Waals surface area contributed by atoms with Gasteiger partial charge in [0.05, 0.1) is 24.9 Å². The molecule has 3 aromatic heterocycles. The maximum atomic E-state index is 13.2. The molecule has 186 valence electrons. The van der Waals surface area contributed by atoms with E-state index in [9.17, 15) is 9.90 Å². The van der Waals surface area contributed by atoms with Crippen LogP contribution in [0.2, 0.25) is 0 Å². The first-order valence-electron chi connectivity index (χ1n) is 12.3. The lowest BCUT2D eigenvalue weighted by Crippen LogP contribution is -2.42. The smallest absolute Gasteiger partial charge is 0.169 e. The molecule has 0 amide bonds. The van der Waals surface area contributed by atoms with Crippen molar-refractivity contribution in [1.29, 1.82) is 0 Å². The highest BCUT2D eigenvalue weighted by Gasteiger charge is 2.22. The van der Waals surface area contributed by atoms with Gasteiger partial charge >= 0.3 is 0 Å². The Balaban J connectivity index is 1.33. The highest BCUT2D eigenvalue weighted by Crippen LogP contribution is 2.28. The average Bonchev–Trinajstić information content (AvgIpc) is 3.28. The summed E-state index contributed by atoms with van der Waals surface area (Å²) in [6.45, 7) is 1.80. The summed E-state index contributed by atoms with van der Waals surface area (Å²) in [5.41, 5.74) is 4.02. The number of rotatable bonds is 7. The molecule has 4 aromatic rings. The minimum Gasteiger partial charge on any atom is -0.390 e. The summed E-state index contributed by atoms with van der Waals surface area (Å²) in [7, 11) is 6.08. The monoisotopic (exact) mass is 484 g/mol. The molecule has 0 spiro atoms. The third-order valence-electron chi connectivity index (χ3n) is 7.23. The molecule has 0 bridgehead atoms. The average molecular weight is 485 g/mol. The Morgan fingerprint density at radius 1 is 1.06 bits per heavy atom. The molecule has 1 N–H and O–H groups in total. The van der Waals surface area contributed by atoms with Gasteiger partial charge in [-0.25, -0.2) is 4.98 Å². The molecule has 1 saturated heterocycles. The molecule has 1 aromatic carbocycles. The zero-order valence-corrected chi connectivity index (χ0v) is 21.1. The van der Waals surface area contributed by atoms with E-state index in [1.807, 2.05) is 37.5 Å². The molecule has 0 radical (unpaired) electrons. The molecule has 8 heteroatoms. The van der Waals surface area contributed by atoms with E-state index in [1.54, 1.807) is 23.1 Å². The van der Waals surface area contributed by atoms with Gasteiger partial charge in [0.25, 0.3) is 0 Å². The number of hydrogen-bond acceptors (Lipinski definition) is 7. The molecule has 8 nitrogen and oxygen atoms in total. The zero-order chi connectivity index (χ0) is 25.2. The number of Topliss-reactive ketones (excluding diaryl/α,β-unsaturated/α-hetero) is 1. The van der Waals surface area contributed by atoms with Crippen molar-refractivity contribution < 1.29 is 9.90 Å². The summed E-state index contributed by atoms with van der Waals surface area (Å²) in [5.74, 6) is 0.894. The van der Waals surface area contributed by atoms with Gasteiger partial charge in [-0.15, -0.1) is 0 Å². The SMILES string of the molecule is CN(C)C1CCN(c2cc(C(=O)Cc3cc4cc(-c5cnn(C)c5CO)ccc4cn3)ccn2)CC1. The quantitative estimate of drug-likeness (QED) is 0.402. The van der Waals surface area contributed by atoms with Crippen LogP contribution in [-0.4, -0.2) is 68.8 Å². The lowest BCUT2D eigenvalue weighted by Gasteiger charge is -2.35. The molecule has 4 heterocycles. The number of aryl methyl sites for hydroxylation is 1. The van der Waals surface area contributed by atoms with Crippen LogP contribution in [0.3, 0.4) is 0 Å². The molecule has 5 rings (SSSR count). The molecule has 1 aliphatic rings. The third kappa shape index (κ3) is 4.87. The molecule has 36 heavy (non-hydrogen) atoms. The standard InChI is InChI=1S/C28H32N6O2/c1-32(2)24-7-10-34(11-8-24)28-14-20(6-9-29-28)27(36)15-23-13-22-12-19(4-5-21(22)16-30-23)25-17-31-33(3)26(25)18-35/h4-6,9,12-14,16-17,24,35H,7-8,10-11,15,18H2,1-3H3. The number of aromatic nitrogens is 4. The van der Waals surface area contributed by atoms with Gasteiger partial charge < -0.3 is 14.9 Å². The summed E-state index contributed by atoms with van der Waals surface area (Å²) in [5, 5.41) is 16.0. The van der Waals surface area contributed by atoms with Crippen molar-refractivity contribution >= 4 is 22.4 Å². The number of pyridine rings is 2. The first-order valence-corrected chi connectivity index (χ1v) is 12.3. The van der Waals surface area contributed by atoms with E-state index in [2.05, 4.69) is 45.0 Å². The van der Waals surface area contributed by atoms with Crippen molar-refractivity contribution in [2.45, 2.75) is 31.9 Å². The summed E-state index contributed by atoms with van der Waals surface area (Å²) >= 11 is 0. The largest absolute Gasteiger partial charge is 0.390 e. The normalized spacial score (nSPS) is 14.6. The number of carbonyl (C=O) groups is 1. The van der Waals surface area contributed by atoms with E-state index in [0.717, 1.165) is 65.0 Å². The van der Waals surface area contributed by atoms with Gasteiger partial charge in [0.2, 0.25) is 0 Å². The van der Waals surface area contributed by atoms with Gasteiger partial charge in [-0.05, 0) is 62.2 Å². The van der Waals surface area contributed by atoms with Gasteiger partial charge in [-0.2, -0.15) is 5.10 Å². The van der Waals surface area contributed by atoms with E-state index < -0.39 is 0 Å². The van der Waals surface area contributed by atoms with Gasteiger partial charge in [0, 0.05) is 60.8 Å². The highest BCUT2D eigenvalue weighted by atomic mass is 16.3. The van der Waals surface area contributed by atoms with Gasteiger partial charge in [-0.1, -0.05) is 12.1 Å². The minimum absolute atomic E-state index is 0.0275. The number of aliphatic hydroxyl groups is 1. The molecule has 0 aliphatic carbocycles. The molecule has 1 aliphatic heterocycles. The predicted molar refractivity (Wildman–Crippen MR) is 141 cm³/mol. The first-order chi connectivity index (χ1) is 17.4. The van der Waals surface area contributed by atoms with Crippen molar-refractivity contribution in [2.24, 2.45) is 7.05 Å². The Morgan fingerprint density at radius 2 is 1.86 bits per heavy atom. The maximum Gasteiger partial charge on any atom is 0.169 e. The lowest BCUT2D eigenvalue weighted by molar-refractivity contribution is 0.0992. The Kier molecular flexibility index (Phi) is 6.80. The summed E-state index contributed by atoms with van der Waals surface area (Å²) in [6.07, 6.45) is 7.71. The predicted octanol–water partition coefficient (Wildman–Crippen LogP) is 3.48. The van der Waals surface area contributed by atoms with E-state index in [0.29, 0.717) is 11.6 Å². The summed E-state index contributed by atoms with van der Waals surface area (Å²) < 4.78 is 1.68. The number of piperidine rings is 1. The second kappa shape index (κ2) is 10.2. The van der Waals surface area contributed by atoms with Crippen LogP contribution in [0, 0.1) is 0 Å². The van der Waals surface area contributed by atoms with Crippen LogP contribution >= 0.6 is 0 Å². The molecule has 0 atom stereocenters. The third-order valence-corrected chi connectivity index (χ3v) is 7.23. The van der Waals surface area contributed by atoms with Crippen LogP contribution < -0.4 is 4.90 Å². The van der Waals surface area contributed by atoms with E-state index in [1.165, 1.54) is 0 Å². The van der Waals surface area contributed by atoms with Crippen LogP contribution in [0.15, 0.2) is 55.0 Å². The fourth-order valence-electron chi connectivity index (χ4n) is 4.98. The number of hydrogen-bond donors (Lipinski definition) is 1. The fourth-order valence-corrected chi connectivity index (χ4v) is 4.98. The first kappa shape index (κ1) is 24.1. The summed E-state index contributed by atoms with van der Waals surface area (Å²) in [4.78, 5) is 26.8. The number of anilines is 1. The van der Waals surface area contributed by atoms with Gasteiger partial charge in [0.15, 0.2) is 5.78 Å². The number of carbonyl (C=O) groups excluding carboxylic acids is 1. The molecule has 1 fully saturated rings. The Hall–Kier alpha value is -3.62. The molecule has 0 unspecified atom stereocenters. The topological polar surface area (TPSA) is 87.4 Å². The van der Waals surface area contributed by atoms with Crippen molar-refractivity contribution in [2.75, 3.05) is 32.1 Å².